The smallest absolute Gasteiger partial charge is 0.286 e. The highest BCUT2D eigenvalue weighted by Crippen LogP contribution is 2.23. The molecular formula is C19H23ClN2O3. The highest BCUT2D eigenvalue weighted by atomic mass is 35.5. The molecule has 0 aliphatic heterocycles. The predicted octanol–water partition coefficient (Wildman–Crippen LogP) is 3.96. The van der Waals surface area contributed by atoms with Gasteiger partial charge in [0.25, 0.3) is 5.91 Å². The van der Waals surface area contributed by atoms with Gasteiger partial charge in [0.15, 0.2) is 5.76 Å². The first-order chi connectivity index (χ1) is 12.0. The van der Waals surface area contributed by atoms with E-state index in [1.54, 1.807) is 12.1 Å². The van der Waals surface area contributed by atoms with E-state index in [-0.39, 0.29) is 29.5 Å². The van der Waals surface area contributed by atoms with Crippen LogP contribution in [0.4, 0.5) is 0 Å². The molecule has 2 rings (SSSR count). The lowest BCUT2D eigenvalue weighted by Crippen LogP contribution is -2.32. The molecule has 0 bridgehead atoms. The van der Waals surface area contributed by atoms with Crippen molar-refractivity contribution in [1.29, 1.82) is 0 Å². The van der Waals surface area contributed by atoms with E-state index in [0.29, 0.717) is 24.4 Å². The lowest BCUT2D eigenvalue weighted by molar-refractivity contribution is -0.122. The Hall–Kier alpha value is -2.27. The van der Waals surface area contributed by atoms with Crippen LogP contribution in [0.25, 0.3) is 0 Å². The molecule has 0 radical (unpaired) electrons. The molecule has 1 aromatic heterocycles. The highest BCUT2D eigenvalue weighted by molar-refractivity contribution is 6.30. The third-order valence-electron chi connectivity index (χ3n) is 3.82. The van der Waals surface area contributed by atoms with Crippen molar-refractivity contribution < 1.29 is 14.0 Å². The number of amides is 2. The number of nitrogens with one attached hydrogen (secondary N) is 2. The average molecular weight is 363 g/mol. The Kier molecular flexibility index (Phi) is 7.07. The minimum Gasteiger partial charge on any atom is -0.459 e. The van der Waals surface area contributed by atoms with E-state index in [4.69, 9.17) is 16.0 Å². The monoisotopic (exact) mass is 362 g/mol. The Labute approximate surface area is 152 Å². The van der Waals surface area contributed by atoms with E-state index in [0.717, 1.165) is 5.56 Å². The van der Waals surface area contributed by atoms with Gasteiger partial charge in [-0.05, 0) is 42.2 Å². The molecule has 2 amide bonds. The number of furan rings is 1. The summed E-state index contributed by atoms with van der Waals surface area (Å²) < 4.78 is 5.01. The molecule has 1 aromatic carbocycles. The van der Waals surface area contributed by atoms with Gasteiger partial charge in [-0.2, -0.15) is 0 Å². The van der Waals surface area contributed by atoms with Crippen molar-refractivity contribution in [2.24, 2.45) is 5.92 Å². The van der Waals surface area contributed by atoms with Crippen LogP contribution >= 0.6 is 11.6 Å². The molecular weight excluding hydrogens is 340 g/mol. The molecule has 134 valence electrons. The second-order valence-electron chi connectivity index (χ2n) is 6.18. The molecule has 1 heterocycles. The molecule has 0 saturated carbocycles. The van der Waals surface area contributed by atoms with Crippen molar-refractivity contribution in [2.75, 3.05) is 6.54 Å². The summed E-state index contributed by atoms with van der Waals surface area (Å²) in [5.74, 6) is 0.211. The van der Waals surface area contributed by atoms with Gasteiger partial charge in [-0.1, -0.05) is 37.6 Å². The number of hydrogen-bond acceptors (Lipinski definition) is 3. The largest absolute Gasteiger partial charge is 0.459 e. The summed E-state index contributed by atoms with van der Waals surface area (Å²) in [7, 11) is 0. The van der Waals surface area contributed by atoms with Gasteiger partial charge in [-0.3, -0.25) is 9.59 Å². The number of carbonyl (C=O) groups is 2. The molecule has 1 unspecified atom stereocenters. The molecule has 6 heteroatoms. The molecule has 0 aliphatic carbocycles. The fraction of sp³-hybridized carbons (Fsp3) is 0.368. The Morgan fingerprint density at radius 3 is 2.48 bits per heavy atom. The normalized spacial score (nSPS) is 12.0. The lowest BCUT2D eigenvalue weighted by atomic mass is 9.96. The van der Waals surface area contributed by atoms with Crippen LogP contribution in [0.5, 0.6) is 0 Å². The molecule has 2 aromatic rings. The third-order valence-corrected chi connectivity index (χ3v) is 4.08. The van der Waals surface area contributed by atoms with Gasteiger partial charge in [-0.15, -0.1) is 0 Å². The molecule has 0 aliphatic rings. The van der Waals surface area contributed by atoms with Gasteiger partial charge in [0.05, 0.1) is 12.3 Å². The Morgan fingerprint density at radius 1 is 1.16 bits per heavy atom. The molecule has 5 nitrogen and oxygen atoms in total. The number of hydrogen-bond donors (Lipinski definition) is 2. The van der Waals surface area contributed by atoms with E-state index in [1.807, 2.05) is 24.3 Å². The molecule has 0 spiro atoms. The van der Waals surface area contributed by atoms with Gasteiger partial charge in [0.2, 0.25) is 5.91 Å². The van der Waals surface area contributed by atoms with Crippen molar-refractivity contribution >= 4 is 23.4 Å². The van der Waals surface area contributed by atoms with Gasteiger partial charge < -0.3 is 15.1 Å². The van der Waals surface area contributed by atoms with Crippen molar-refractivity contribution in [3.8, 4) is 0 Å². The minimum absolute atomic E-state index is 0.0408. The van der Waals surface area contributed by atoms with Crippen molar-refractivity contribution in [3.63, 3.8) is 0 Å². The van der Waals surface area contributed by atoms with Crippen LogP contribution in [-0.4, -0.2) is 18.4 Å². The summed E-state index contributed by atoms with van der Waals surface area (Å²) >= 11 is 5.92. The number of rotatable bonds is 8. The highest BCUT2D eigenvalue weighted by Gasteiger charge is 2.18. The summed E-state index contributed by atoms with van der Waals surface area (Å²) in [6.45, 7) is 4.53. The maximum atomic E-state index is 12.2. The molecule has 0 fully saturated rings. The zero-order valence-electron chi connectivity index (χ0n) is 14.4. The van der Waals surface area contributed by atoms with Crippen LogP contribution in [0.3, 0.4) is 0 Å². The van der Waals surface area contributed by atoms with Gasteiger partial charge in [0, 0.05) is 18.0 Å². The minimum atomic E-state index is -0.272. The van der Waals surface area contributed by atoms with Gasteiger partial charge >= 0.3 is 0 Å². The first-order valence-electron chi connectivity index (χ1n) is 8.34. The zero-order valence-corrected chi connectivity index (χ0v) is 15.2. The number of halogens is 1. The van der Waals surface area contributed by atoms with Crippen LogP contribution in [0, 0.1) is 5.92 Å². The van der Waals surface area contributed by atoms with Crippen LogP contribution in [-0.2, 0) is 4.79 Å². The summed E-state index contributed by atoms with van der Waals surface area (Å²) in [5, 5.41) is 6.45. The fourth-order valence-corrected chi connectivity index (χ4v) is 2.62. The summed E-state index contributed by atoms with van der Waals surface area (Å²) in [5.41, 5.74) is 1.03. The molecule has 1 atom stereocenters. The van der Waals surface area contributed by atoms with Crippen LogP contribution in [0.2, 0.25) is 5.02 Å². The third kappa shape index (κ3) is 5.94. The second-order valence-corrected chi connectivity index (χ2v) is 6.61. The summed E-state index contributed by atoms with van der Waals surface area (Å²) in [6, 6.07) is 10.7. The van der Waals surface area contributed by atoms with Crippen LogP contribution < -0.4 is 10.6 Å². The maximum Gasteiger partial charge on any atom is 0.286 e. The standard InChI is InChI=1S/C19H23ClN2O3/c1-13(2)18(14-7-9-15(20)10-8-14)22-17(23)6-3-11-21-19(24)16-5-4-12-25-16/h4-5,7-10,12-13,18H,3,6,11H2,1-2H3,(H,21,24)(H,22,23). The average Bonchev–Trinajstić information content (AvgIpc) is 3.12. The Bertz CT molecular complexity index is 681. The summed E-state index contributed by atoms with van der Waals surface area (Å²) in [4.78, 5) is 23.9. The van der Waals surface area contributed by atoms with E-state index >= 15 is 0 Å². The van der Waals surface area contributed by atoms with Crippen LogP contribution in [0.1, 0.15) is 48.8 Å². The Morgan fingerprint density at radius 2 is 1.88 bits per heavy atom. The molecule has 0 saturated heterocycles. The Balaban J connectivity index is 1.77. The van der Waals surface area contributed by atoms with Crippen molar-refractivity contribution in [3.05, 3.63) is 59.0 Å². The maximum absolute atomic E-state index is 12.2. The van der Waals surface area contributed by atoms with E-state index in [1.165, 1.54) is 6.26 Å². The first kappa shape index (κ1) is 19.1. The van der Waals surface area contributed by atoms with E-state index in [2.05, 4.69) is 24.5 Å². The SMILES string of the molecule is CC(C)C(NC(=O)CCCNC(=O)c1ccco1)c1ccc(Cl)cc1. The molecule has 2 N–H and O–H groups in total. The number of benzene rings is 1. The van der Waals surface area contributed by atoms with Crippen molar-refractivity contribution in [1.82, 2.24) is 10.6 Å². The number of carbonyl (C=O) groups excluding carboxylic acids is 2. The van der Waals surface area contributed by atoms with Gasteiger partial charge in [-0.25, -0.2) is 0 Å². The van der Waals surface area contributed by atoms with E-state index < -0.39 is 0 Å². The summed E-state index contributed by atoms with van der Waals surface area (Å²) in [6.07, 6.45) is 2.35. The van der Waals surface area contributed by atoms with E-state index in [9.17, 15) is 9.59 Å². The fourth-order valence-electron chi connectivity index (χ4n) is 2.50. The predicted molar refractivity (Wildman–Crippen MR) is 97.4 cm³/mol. The quantitative estimate of drug-likeness (QED) is 0.698. The lowest BCUT2D eigenvalue weighted by Gasteiger charge is -2.23. The topological polar surface area (TPSA) is 71.3 Å². The van der Waals surface area contributed by atoms with Crippen molar-refractivity contribution in [2.45, 2.75) is 32.7 Å². The zero-order chi connectivity index (χ0) is 18.2. The van der Waals surface area contributed by atoms with Gasteiger partial charge in [0.1, 0.15) is 0 Å². The van der Waals surface area contributed by atoms with Crippen LogP contribution in [0.15, 0.2) is 47.1 Å². The molecule has 25 heavy (non-hydrogen) atoms. The first-order valence-corrected chi connectivity index (χ1v) is 8.71. The second kappa shape index (κ2) is 9.28.